The van der Waals surface area contributed by atoms with Crippen molar-refractivity contribution in [1.29, 1.82) is 0 Å². The van der Waals surface area contributed by atoms with Crippen molar-refractivity contribution in [3.8, 4) is 11.5 Å². The fourth-order valence-electron chi connectivity index (χ4n) is 6.55. The highest BCUT2D eigenvalue weighted by Gasteiger charge is 2.18. The van der Waals surface area contributed by atoms with Gasteiger partial charge in [-0.15, -0.1) is 0 Å². The number of pyridine rings is 6. The van der Waals surface area contributed by atoms with Crippen molar-refractivity contribution in [3.05, 3.63) is 203 Å². The van der Waals surface area contributed by atoms with Crippen LogP contribution in [0.3, 0.4) is 0 Å². The molecule has 6 heterocycles. The lowest BCUT2D eigenvalue weighted by Crippen LogP contribution is -2.30. The summed E-state index contributed by atoms with van der Waals surface area (Å²) in [5.41, 5.74) is 4.91. The Kier molecular flexibility index (Phi) is 16.5. The number of nitrogens with one attached hydrogen (secondary N) is 4. The van der Waals surface area contributed by atoms with Gasteiger partial charge in [0.05, 0.1) is 0 Å². The monoisotopic (exact) mass is 884 g/mol. The standard InChI is InChI=1S/C50H48N10O6/c61-47(55-24-16-37-12-1-5-20-51-37)43-29-41(30-44(59-43)48(62)56-25-17-38-13-2-6-21-52-38)65-33-35-10-9-11-36(28-35)34-66-42-31-45(49(63)57-26-18-39-14-3-7-22-53-39)60-46(32-42)50(64)58-27-19-40-15-4-8-23-54-40/h1-15,20-23,28-32H,16-19,24-27,33-34H2,(H,55,61)(H,56,62)(H,57,63)(H,58,64). The molecule has 0 saturated heterocycles. The second-order valence-electron chi connectivity index (χ2n) is 14.9. The van der Waals surface area contributed by atoms with Crippen LogP contribution >= 0.6 is 0 Å². The summed E-state index contributed by atoms with van der Waals surface area (Å²) in [7, 11) is 0. The number of ether oxygens (including phenoxy) is 2. The molecular weight excluding hydrogens is 837 g/mol. The zero-order valence-corrected chi connectivity index (χ0v) is 36.1. The first-order valence-corrected chi connectivity index (χ1v) is 21.4. The molecule has 16 heteroatoms. The minimum absolute atomic E-state index is 0.0189. The van der Waals surface area contributed by atoms with Gasteiger partial charge in [-0.2, -0.15) is 0 Å². The average Bonchev–Trinajstić information content (AvgIpc) is 3.36. The Labute approximate surface area is 381 Å². The fraction of sp³-hybridized carbons (Fsp3) is 0.200. The molecule has 0 fully saturated rings. The van der Waals surface area contributed by atoms with E-state index >= 15 is 0 Å². The highest BCUT2D eigenvalue weighted by molar-refractivity contribution is 5.98. The molecule has 0 aliphatic rings. The quantitative estimate of drug-likeness (QED) is 0.0700. The molecule has 16 nitrogen and oxygen atoms in total. The van der Waals surface area contributed by atoms with Gasteiger partial charge in [-0.3, -0.25) is 39.1 Å². The number of rotatable bonds is 22. The predicted octanol–water partition coefficient (Wildman–Crippen LogP) is 5.10. The first-order valence-electron chi connectivity index (χ1n) is 21.4. The minimum atomic E-state index is -0.468. The molecular formula is C50H48N10O6. The number of amides is 4. The zero-order chi connectivity index (χ0) is 45.8. The third-order valence-corrected chi connectivity index (χ3v) is 9.90. The summed E-state index contributed by atoms with van der Waals surface area (Å²) in [5, 5.41) is 11.4. The van der Waals surface area contributed by atoms with Crippen molar-refractivity contribution >= 4 is 23.6 Å². The van der Waals surface area contributed by atoms with Gasteiger partial charge in [0.1, 0.15) is 47.5 Å². The molecule has 66 heavy (non-hydrogen) atoms. The Morgan fingerprint density at radius 3 is 0.955 bits per heavy atom. The van der Waals surface area contributed by atoms with Gasteiger partial charge in [-0.25, -0.2) is 9.97 Å². The van der Waals surface area contributed by atoms with Gasteiger partial charge in [0.2, 0.25) is 0 Å². The molecule has 334 valence electrons. The molecule has 0 aliphatic carbocycles. The first-order chi connectivity index (χ1) is 32.3. The number of carbonyl (C=O) groups is 4. The van der Waals surface area contributed by atoms with E-state index < -0.39 is 23.6 Å². The van der Waals surface area contributed by atoms with E-state index in [1.165, 1.54) is 24.3 Å². The van der Waals surface area contributed by atoms with Crippen LogP contribution < -0.4 is 30.7 Å². The molecule has 1 aromatic carbocycles. The molecule has 0 atom stereocenters. The second kappa shape index (κ2) is 23.9. The van der Waals surface area contributed by atoms with Gasteiger partial charge < -0.3 is 30.7 Å². The maximum atomic E-state index is 13.3. The van der Waals surface area contributed by atoms with Gasteiger partial charge in [-0.1, -0.05) is 42.5 Å². The van der Waals surface area contributed by atoms with Gasteiger partial charge in [0.25, 0.3) is 23.6 Å². The lowest BCUT2D eigenvalue weighted by molar-refractivity contribution is 0.0927. The summed E-state index contributed by atoms with van der Waals surface area (Å²) < 4.78 is 12.4. The van der Waals surface area contributed by atoms with Crippen molar-refractivity contribution in [3.63, 3.8) is 0 Å². The summed E-state index contributed by atoms with van der Waals surface area (Å²) in [4.78, 5) is 79.3. The third-order valence-electron chi connectivity index (χ3n) is 9.90. The largest absolute Gasteiger partial charge is 0.489 e. The lowest BCUT2D eigenvalue weighted by atomic mass is 10.1. The van der Waals surface area contributed by atoms with Crippen LogP contribution in [0.1, 0.15) is 75.9 Å². The van der Waals surface area contributed by atoms with Crippen LogP contribution in [-0.4, -0.2) is 79.7 Å². The van der Waals surface area contributed by atoms with E-state index in [0.717, 1.165) is 33.9 Å². The fourth-order valence-corrected chi connectivity index (χ4v) is 6.55. The Balaban J connectivity index is 1.01. The van der Waals surface area contributed by atoms with Crippen LogP contribution in [0, 0.1) is 0 Å². The molecule has 4 N–H and O–H groups in total. The van der Waals surface area contributed by atoms with Crippen LogP contribution in [0.2, 0.25) is 0 Å². The highest BCUT2D eigenvalue weighted by atomic mass is 16.5. The highest BCUT2D eigenvalue weighted by Crippen LogP contribution is 2.20. The maximum absolute atomic E-state index is 13.3. The van der Waals surface area contributed by atoms with Gasteiger partial charge in [-0.05, 0) is 65.7 Å². The molecule has 0 unspecified atom stereocenters. The SMILES string of the molecule is O=C(NCCc1ccccn1)c1cc(OCc2cccc(COc3cc(C(=O)NCCc4ccccn4)nc(C(=O)NCCc4ccccn4)c3)c2)cc(C(=O)NCCc2ccccn2)n1. The number of nitrogens with zero attached hydrogens (tertiary/aromatic N) is 6. The molecule has 7 aromatic rings. The number of aromatic nitrogens is 6. The minimum Gasteiger partial charge on any atom is -0.489 e. The lowest BCUT2D eigenvalue weighted by Gasteiger charge is -2.13. The molecule has 0 aliphatic heterocycles. The molecule has 7 rings (SSSR count). The summed E-state index contributed by atoms with van der Waals surface area (Å²) in [6.07, 6.45) is 8.82. The van der Waals surface area contributed by atoms with Gasteiger partial charge >= 0.3 is 0 Å². The van der Waals surface area contributed by atoms with Crippen molar-refractivity contribution in [1.82, 2.24) is 51.2 Å². The molecule has 0 saturated carbocycles. The molecule has 0 spiro atoms. The van der Waals surface area contributed by atoms with Crippen LogP contribution in [-0.2, 0) is 38.9 Å². The maximum Gasteiger partial charge on any atom is 0.270 e. The molecule has 0 bridgehead atoms. The number of hydrogen-bond acceptors (Lipinski definition) is 12. The summed E-state index contributed by atoms with van der Waals surface area (Å²) >= 11 is 0. The van der Waals surface area contributed by atoms with Gasteiger partial charge in [0, 0.05) is 124 Å². The van der Waals surface area contributed by atoms with Crippen LogP contribution in [0.15, 0.2) is 146 Å². The summed E-state index contributed by atoms with van der Waals surface area (Å²) in [5.74, 6) is -1.34. The normalized spacial score (nSPS) is 10.7. The molecule has 6 aromatic heterocycles. The van der Waals surface area contributed by atoms with E-state index in [4.69, 9.17) is 9.47 Å². The average molecular weight is 885 g/mol. The van der Waals surface area contributed by atoms with Crippen molar-refractivity contribution in [2.75, 3.05) is 26.2 Å². The van der Waals surface area contributed by atoms with Gasteiger partial charge in [0.15, 0.2) is 0 Å². The first kappa shape index (κ1) is 45.6. The molecule has 4 amide bonds. The smallest absolute Gasteiger partial charge is 0.270 e. The van der Waals surface area contributed by atoms with E-state index in [-0.39, 0.29) is 47.5 Å². The van der Waals surface area contributed by atoms with E-state index in [9.17, 15) is 19.2 Å². The van der Waals surface area contributed by atoms with Crippen molar-refractivity contribution < 1.29 is 28.7 Å². The van der Waals surface area contributed by atoms with Crippen LogP contribution in [0.5, 0.6) is 11.5 Å². The van der Waals surface area contributed by atoms with E-state index in [0.29, 0.717) is 51.9 Å². The summed E-state index contributed by atoms with van der Waals surface area (Å²) in [6.45, 7) is 1.41. The number of carbonyl (C=O) groups excluding carboxylic acids is 4. The Bertz CT molecular complexity index is 2360. The van der Waals surface area contributed by atoms with Crippen LogP contribution in [0.25, 0.3) is 0 Å². The van der Waals surface area contributed by atoms with E-state index in [2.05, 4.69) is 51.2 Å². The van der Waals surface area contributed by atoms with E-state index in [1.54, 1.807) is 24.8 Å². The Morgan fingerprint density at radius 2 is 0.682 bits per heavy atom. The Morgan fingerprint density at radius 1 is 0.379 bits per heavy atom. The Hall–Kier alpha value is -8.40. The van der Waals surface area contributed by atoms with Crippen LogP contribution in [0.4, 0.5) is 0 Å². The summed E-state index contributed by atoms with van der Waals surface area (Å²) in [6, 6.07) is 35.8. The van der Waals surface area contributed by atoms with Crippen molar-refractivity contribution in [2.24, 2.45) is 0 Å². The molecule has 0 radical (unpaired) electrons. The topological polar surface area (TPSA) is 212 Å². The predicted molar refractivity (Wildman–Crippen MR) is 245 cm³/mol. The number of benzene rings is 1. The second-order valence-corrected chi connectivity index (χ2v) is 14.9. The number of hydrogen-bond donors (Lipinski definition) is 4. The van der Waals surface area contributed by atoms with Crippen molar-refractivity contribution in [2.45, 2.75) is 38.9 Å². The zero-order valence-electron chi connectivity index (χ0n) is 36.1. The third kappa shape index (κ3) is 14.3. The van der Waals surface area contributed by atoms with E-state index in [1.807, 2.05) is 97.1 Å².